The van der Waals surface area contributed by atoms with E-state index < -0.39 is 0 Å². The van der Waals surface area contributed by atoms with E-state index in [0.717, 1.165) is 22.3 Å². The zero-order valence-electron chi connectivity index (χ0n) is 20.5. The van der Waals surface area contributed by atoms with E-state index >= 15 is 0 Å². The Morgan fingerprint density at radius 3 is 2.03 bits per heavy atom. The number of hydrogen-bond donors (Lipinski definition) is 0. The Hall–Kier alpha value is -5.16. The smallest absolute Gasteiger partial charge is 0.200 e. The van der Waals surface area contributed by atoms with Gasteiger partial charge in [0.1, 0.15) is 22.7 Å². The van der Waals surface area contributed by atoms with E-state index in [1.54, 1.807) is 36.4 Å². The van der Waals surface area contributed by atoms with Crippen LogP contribution in [0.1, 0.15) is 15.9 Å². The molecule has 2 aromatic heterocycles. The summed E-state index contributed by atoms with van der Waals surface area (Å²) < 4.78 is 14.4. The van der Waals surface area contributed by atoms with Gasteiger partial charge in [-0.2, -0.15) is 0 Å². The number of rotatable bonds is 4. The standard InChI is InChI=1S/C33H21NO4/c1-20-16-22(34-27-11-5-2-8-23(27)24-9-3-6-12-28(24)34)14-15-29(20)37-31-18-26-32(17-21(31)19-35)38-30-13-7-4-10-25(30)33(26)36/h2-19H,1H3. The van der Waals surface area contributed by atoms with Crippen molar-refractivity contribution >= 4 is 50.0 Å². The van der Waals surface area contributed by atoms with Crippen molar-refractivity contribution in [3.8, 4) is 17.2 Å². The lowest BCUT2D eigenvalue weighted by molar-refractivity contribution is 0.112. The molecule has 5 nitrogen and oxygen atoms in total. The number of aldehydes is 1. The van der Waals surface area contributed by atoms with Crippen LogP contribution in [0.4, 0.5) is 0 Å². The Kier molecular flexibility index (Phi) is 4.91. The molecule has 7 rings (SSSR count). The van der Waals surface area contributed by atoms with Gasteiger partial charge in [0.25, 0.3) is 0 Å². The second-order valence-corrected chi connectivity index (χ2v) is 9.35. The summed E-state index contributed by atoms with van der Waals surface area (Å²) in [5, 5.41) is 3.24. The molecule has 0 aliphatic carbocycles. The van der Waals surface area contributed by atoms with E-state index in [1.807, 2.05) is 31.2 Å². The number of ether oxygens (including phenoxy) is 1. The van der Waals surface area contributed by atoms with E-state index in [0.29, 0.717) is 45.3 Å². The predicted molar refractivity (Wildman–Crippen MR) is 151 cm³/mol. The normalized spacial score (nSPS) is 11.5. The molecule has 0 N–H and O–H groups in total. The average Bonchev–Trinajstić information content (AvgIpc) is 3.29. The maximum atomic E-state index is 13.1. The van der Waals surface area contributed by atoms with Gasteiger partial charge in [-0.1, -0.05) is 48.5 Å². The molecule has 182 valence electrons. The van der Waals surface area contributed by atoms with Crippen molar-refractivity contribution in [2.45, 2.75) is 6.92 Å². The first-order chi connectivity index (χ1) is 18.6. The minimum absolute atomic E-state index is 0.164. The Bertz CT molecular complexity index is 2060. The van der Waals surface area contributed by atoms with Crippen LogP contribution in [0, 0.1) is 6.92 Å². The van der Waals surface area contributed by atoms with Gasteiger partial charge in [0, 0.05) is 16.5 Å². The molecule has 2 heterocycles. The molecule has 0 atom stereocenters. The van der Waals surface area contributed by atoms with Crippen molar-refractivity contribution in [1.29, 1.82) is 0 Å². The number of para-hydroxylation sites is 3. The first-order valence-corrected chi connectivity index (χ1v) is 12.3. The summed E-state index contributed by atoms with van der Waals surface area (Å²) >= 11 is 0. The van der Waals surface area contributed by atoms with Gasteiger partial charge in [-0.3, -0.25) is 9.59 Å². The van der Waals surface area contributed by atoms with Gasteiger partial charge in [0.05, 0.1) is 27.4 Å². The fourth-order valence-electron chi connectivity index (χ4n) is 5.23. The van der Waals surface area contributed by atoms with Crippen LogP contribution in [0.2, 0.25) is 0 Å². The van der Waals surface area contributed by atoms with Gasteiger partial charge in [0.15, 0.2) is 6.29 Å². The average molecular weight is 496 g/mol. The molecule has 7 aromatic rings. The van der Waals surface area contributed by atoms with Gasteiger partial charge in [-0.15, -0.1) is 0 Å². The summed E-state index contributed by atoms with van der Waals surface area (Å²) in [5.41, 5.74) is 5.12. The molecule has 38 heavy (non-hydrogen) atoms. The van der Waals surface area contributed by atoms with E-state index in [9.17, 15) is 9.59 Å². The number of aromatic nitrogens is 1. The molecule has 5 heteroatoms. The van der Waals surface area contributed by atoms with Crippen LogP contribution in [-0.4, -0.2) is 10.9 Å². The third-order valence-corrected chi connectivity index (χ3v) is 7.05. The second-order valence-electron chi connectivity index (χ2n) is 9.35. The van der Waals surface area contributed by atoms with Crippen molar-refractivity contribution in [3.63, 3.8) is 0 Å². The number of aryl methyl sites for hydroxylation is 1. The minimum Gasteiger partial charge on any atom is -0.456 e. The van der Waals surface area contributed by atoms with Gasteiger partial charge in [-0.05, 0) is 67.1 Å². The maximum absolute atomic E-state index is 13.1. The highest BCUT2D eigenvalue weighted by molar-refractivity contribution is 6.09. The Morgan fingerprint density at radius 2 is 1.34 bits per heavy atom. The molecule has 5 aromatic carbocycles. The zero-order valence-corrected chi connectivity index (χ0v) is 20.5. The molecule has 0 saturated heterocycles. The number of nitrogens with zero attached hydrogens (tertiary/aromatic N) is 1. The lowest BCUT2D eigenvalue weighted by Crippen LogP contribution is -2.03. The van der Waals surface area contributed by atoms with Crippen molar-refractivity contribution in [1.82, 2.24) is 4.57 Å². The highest BCUT2D eigenvalue weighted by Crippen LogP contribution is 2.35. The lowest BCUT2D eigenvalue weighted by Gasteiger charge is -2.14. The van der Waals surface area contributed by atoms with Crippen molar-refractivity contribution in [2.24, 2.45) is 0 Å². The SMILES string of the molecule is Cc1cc(-n2c3ccccc3c3ccccc32)ccc1Oc1cc2c(=O)c3ccccc3oc2cc1C=O. The van der Waals surface area contributed by atoms with Crippen LogP contribution < -0.4 is 10.2 Å². The molecule has 0 aliphatic heterocycles. The summed E-state index contributed by atoms with van der Waals surface area (Å²) in [7, 11) is 0. The Labute approximate surface area is 217 Å². The molecule has 0 amide bonds. The predicted octanol–water partition coefficient (Wildman–Crippen LogP) is 7.96. The lowest BCUT2D eigenvalue weighted by atomic mass is 10.1. The van der Waals surface area contributed by atoms with Crippen LogP contribution in [-0.2, 0) is 0 Å². The third-order valence-electron chi connectivity index (χ3n) is 7.05. The summed E-state index contributed by atoms with van der Waals surface area (Å²) in [4.78, 5) is 25.1. The number of hydrogen-bond acceptors (Lipinski definition) is 4. The Morgan fingerprint density at radius 1 is 0.684 bits per heavy atom. The molecule has 0 aliphatic rings. The van der Waals surface area contributed by atoms with Crippen molar-refractivity contribution in [3.05, 3.63) is 124 Å². The molecule has 0 saturated carbocycles. The van der Waals surface area contributed by atoms with Gasteiger partial charge in [0.2, 0.25) is 5.43 Å². The topological polar surface area (TPSA) is 61.4 Å². The molecule has 0 bridgehead atoms. The monoisotopic (exact) mass is 495 g/mol. The number of carbonyl (C=O) groups excluding carboxylic acids is 1. The minimum atomic E-state index is -0.164. The van der Waals surface area contributed by atoms with Gasteiger partial charge in [-0.25, -0.2) is 0 Å². The molecular weight excluding hydrogens is 474 g/mol. The van der Waals surface area contributed by atoms with Crippen molar-refractivity contribution in [2.75, 3.05) is 0 Å². The fourth-order valence-corrected chi connectivity index (χ4v) is 5.23. The molecule has 0 spiro atoms. The summed E-state index contributed by atoms with van der Waals surface area (Å²) in [6.07, 6.45) is 0.714. The summed E-state index contributed by atoms with van der Waals surface area (Å²) in [6.45, 7) is 1.97. The highest BCUT2D eigenvalue weighted by atomic mass is 16.5. The molecule has 0 unspecified atom stereocenters. The third kappa shape index (κ3) is 3.33. The quantitative estimate of drug-likeness (QED) is 0.184. The van der Waals surface area contributed by atoms with Crippen molar-refractivity contribution < 1.29 is 13.9 Å². The maximum Gasteiger partial charge on any atom is 0.200 e. The van der Waals surface area contributed by atoms with E-state index in [2.05, 4.69) is 47.0 Å². The van der Waals surface area contributed by atoms with Crippen LogP contribution >= 0.6 is 0 Å². The second kappa shape index (κ2) is 8.46. The van der Waals surface area contributed by atoms with Crippen LogP contribution in [0.5, 0.6) is 11.5 Å². The van der Waals surface area contributed by atoms with Crippen LogP contribution in [0.25, 0.3) is 49.4 Å². The Balaban J connectivity index is 1.34. The molecule has 0 fully saturated rings. The largest absolute Gasteiger partial charge is 0.456 e. The first-order valence-electron chi connectivity index (χ1n) is 12.3. The van der Waals surface area contributed by atoms with E-state index in [-0.39, 0.29) is 5.43 Å². The fraction of sp³-hybridized carbons (Fsp3) is 0.0303. The summed E-state index contributed by atoms with van der Waals surface area (Å²) in [6, 6.07) is 32.9. The molecular formula is C33H21NO4. The number of fused-ring (bicyclic) bond motifs is 5. The van der Waals surface area contributed by atoms with E-state index in [1.165, 1.54) is 10.8 Å². The highest BCUT2D eigenvalue weighted by Gasteiger charge is 2.16. The van der Waals surface area contributed by atoms with Gasteiger partial charge >= 0.3 is 0 Å². The summed E-state index contributed by atoms with van der Waals surface area (Å²) in [5.74, 6) is 0.907. The van der Waals surface area contributed by atoms with Crippen LogP contribution in [0.15, 0.2) is 112 Å². The number of carbonyl (C=O) groups is 1. The first kappa shape index (κ1) is 22.1. The molecule has 0 radical (unpaired) electrons. The van der Waals surface area contributed by atoms with Crippen LogP contribution in [0.3, 0.4) is 0 Å². The number of benzene rings is 5. The van der Waals surface area contributed by atoms with E-state index in [4.69, 9.17) is 9.15 Å². The zero-order chi connectivity index (χ0) is 25.8. The van der Waals surface area contributed by atoms with Gasteiger partial charge < -0.3 is 13.7 Å².